The van der Waals surface area contributed by atoms with E-state index in [0.717, 1.165) is 12.1 Å². The fraction of sp³-hybridized carbons (Fsp3) is 0. The van der Waals surface area contributed by atoms with Gasteiger partial charge in [-0.25, -0.2) is 28.4 Å². The lowest BCUT2D eigenvalue weighted by Crippen LogP contribution is -2.11. The fourth-order valence-corrected chi connectivity index (χ4v) is 2.08. The first-order chi connectivity index (χ1) is 9.01. The minimum Gasteiger partial charge on any atom is -0.306 e. The quantitative estimate of drug-likeness (QED) is 0.518. The van der Waals surface area contributed by atoms with Gasteiger partial charge in [0.2, 0.25) is 0 Å². The average Bonchev–Trinajstić information content (AvgIpc) is 2.35. The number of pyridine rings is 1. The molecule has 0 atom stereocenters. The summed E-state index contributed by atoms with van der Waals surface area (Å²) >= 11 is 0.598. The summed E-state index contributed by atoms with van der Waals surface area (Å²) in [6, 6.07) is 3.39. The third-order valence-electron chi connectivity index (χ3n) is 2.13. The van der Waals surface area contributed by atoms with Gasteiger partial charge in [0, 0.05) is 17.0 Å². The summed E-state index contributed by atoms with van der Waals surface area (Å²) in [6.45, 7) is 0. The summed E-state index contributed by atoms with van der Waals surface area (Å²) in [5.74, 6) is 1.09. The van der Waals surface area contributed by atoms with Gasteiger partial charge in [-0.3, -0.25) is 0 Å². The van der Waals surface area contributed by atoms with Crippen molar-refractivity contribution in [2.24, 2.45) is 5.84 Å². The third-order valence-corrected chi connectivity index (χ3v) is 3.17. The van der Waals surface area contributed by atoms with Gasteiger partial charge in [0.05, 0.1) is 0 Å². The van der Waals surface area contributed by atoms with Gasteiger partial charge in [-0.05, 0) is 12.1 Å². The molecule has 0 bridgehead atoms. The third kappa shape index (κ3) is 2.96. The van der Waals surface area contributed by atoms with E-state index >= 15 is 0 Å². The lowest BCUT2D eigenvalue weighted by molar-refractivity contribution is 0.549. The highest BCUT2D eigenvalue weighted by molar-refractivity contribution is 7.99. The average molecular weight is 289 g/mol. The number of aromatic nitrogens is 1. The van der Waals surface area contributed by atoms with Crippen LogP contribution in [0.5, 0.6) is 0 Å². The Labute approximate surface area is 109 Å². The van der Waals surface area contributed by atoms with Crippen LogP contribution in [0.25, 0.3) is 0 Å². The molecule has 0 aliphatic rings. The summed E-state index contributed by atoms with van der Waals surface area (Å²) in [4.78, 5) is 3.53. The Kier molecular flexibility index (Phi) is 3.91. The van der Waals surface area contributed by atoms with E-state index in [-0.39, 0.29) is 15.7 Å². The van der Waals surface area contributed by atoms with Gasteiger partial charge in [-0.2, -0.15) is 0 Å². The normalized spacial score (nSPS) is 10.6. The van der Waals surface area contributed by atoms with Crippen molar-refractivity contribution in [3.8, 4) is 0 Å². The Bertz CT molecular complexity index is 621. The number of halogens is 4. The summed E-state index contributed by atoms with van der Waals surface area (Å²) in [5.41, 5.74) is 1.95. The number of nitrogens with two attached hydrogens (primary N) is 1. The van der Waals surface area contributed by atoms with Crippen LogP contribution in [-0.2, 0) is 0 Å². The number of hydrogen-bond donors (Lipinski definition) is 2. The van der Waals surface area contributed by atoms with Crippen molar-refractivity contribution >= 4 is 17.6 Å². The molecular weight excluding hydrogens is 282 g/mol. The minimum absolute atomic E-state index is 0.0395. The molecule has 1 aromatic carbocycles. The van der Waals surface area contributed by atoms with E-state index in [4.69, 9.17) is 5.84 Å². The maximum atomic E-state index is 13.5. The van der Waals surface area contributed by atoms with E-state index in [0.29, 0.717) is 23.9 Å². The van der Waals surface area contributed by atoms with Crippen molar-refractivity contribution in [3.63, 3.8) is 0 Å². The second kappa shape index (κ2) is 5.45. The second-order valence-electron chi connectivity index (χ2n) is 3.43. The summed E-state index contributed by atoms with van der Waals surface area (Å²) < 4.78 is 52.7. The van der Waals surface area contributed by atoms with Crippen LogP contribution in [0.4, 0.5) is 23.4 Å². The van der Waals surface area contributed by atoms with E-state index in [2.05, 4.69) is 4.98 Å². The highest BCUT2D eigenvalue weighted by Gasteiger charge is 2.14. The van der Waals surface area contributed by atoms with Crippen LogP contribution in [-0.4, -0.2) is 4.98 Å². The van der Waals surface area contributed by atoms with Crippen molar-refractivity contribution < 1.29 is 17.6 Å². The number of benzene rings is 1. The Hall–Kier alpha value is -1.80. The van der Waals surface area contributed by atoms with E-state index < -0.39 is 23.3 Å². The zero-order chi connectivity index (χ0) is 14.0. The molecule has 2 rings (SSSR count). The first kappa shape index (κ1) is 13.6. The molecule has 0 radical (unpaired) electrons. The van der Waals surface area contributed by atoms with E-state index in [1.807, 2.05) is 5.43 Å². The predicted octanol–water partition coefficient (Wildman–Crippen LogP) is 3.07. The predicted molar refractivity (Wildman–Crippen MR) is 62.4 cm³/mol. The molecular formula is C11H7F4N3S. The number of nitrogen functional groups attached to an aromatic ring is 1. The molecule has 0 saturated carbocycles. The first-order valence-corrected chi connectivity index (χ1v) is 5.78. The molecule has 0 aliphatic carbocycles. The molecule has 2 aromatic rings. The van der Waals surface area contributed by atoms with Crippen LogP contribution >= 0.6 is 11.8 Å². The molecule has 1 heterocycles. The second-order valence-corrected chi connectivity index (χ2v) is 4.46. The molecule has 0 fully saturated rings. The number of anilines is 1. The van der Waals surface area contributed by atoms with Crippen molar-refractivity contribution in [3.05, 3.63) is 47.5 Å². The fourth-order valence-electron chi connectivity index (χ4n) is 1.28. The molecule has 8 heteroatoms. The molecule has 1 aromatic heterocycles. The van der Waals surface area contributed by atoms with Crippen molar-refractivity contribution in [2.75, 3.05) is 5.43 Å². The Balaban J connectivity index is 2.37. The van der Waals surface area contributed by atoms with Crippen molar-refractivity contribution in [1.29, 1.82) is 0 Å². The van der Waals surface area contributed by atoms with Gasteiger partial charge >= 0.3 is 0 Å². The van der Waals surface area contributed by atoms with Gasteiger partial charge in [0.1, 0.15) is 16.7 Å². The monoisotopic (exact) mass is 289 g/mol. The Morgan fingerprint density at radius 2 is 1.74 bits per heavy atom. The molecule has 0 amide bonds. The van der Waals surface area contributed by atoms with Crippen LogP contribution < -0.4 is 11.3 Å². The summed E-state index contributed by atoms with van der Waals surface area (Å²) in [5, 5.41) is -0.278. The molecule has 100 valence electrons. The van der Waals surface area contributed by atoms with E-state index in [9.17, 15) is 17.6 Å². The van der Waals surface area contributed by atoms with Crippen LogP contribution in [0.15, 0.2) is 34.2 Å². The van der Waals surface area contributed by atoms with Crippen LogP contribution in [0.1, 0.15) is 0 Å². The highest BCUT2D eigenvalue weighted by atomic mass is 32.2. The van der Waals surface area contributed by atoms with Gasteiger partial charge in [0.25, 0.3) is 0 Å². The number of rotatable bonds is 3. The molecule has 0 saturated heterocycles. The summed E-state index contributed by atoms with van der Waals surface area (Å²) in [6.07, 6.45) is 0. The summed E-state index contributed by atoms with van der Waals surface area (Å²) in [7, 11) is 0. The molecule has 0 aliphatic heterocycles. The Morgan fingerprint density at radius 3 is 2.37 bits per heavy atom. The van der Waals surface area contributed by atoms with Gasteiger partial charge in [0.15, 0.2) is 17.5 Å². The molecule has 19 heavy (non-hydrogen) atoms. The molecule has 0 unspecified atom stereocenters. The zero-order valence-corrected chi connectivity index (χ0v) is 10.1. The van der Waals surface area contributed by atoms with Crippen molar-refractivity contribution in [2.45, 2.75) is 9.92 Å². The number of nitrogens with zero attached hydrogens (tertiary/aromatic N) is 1. The van der Waals surface area contributed by atoms with Gasteiger partial charge in [-0.1, -0.05) is 11.8 Å². The van der Waals surface area contributed by atoms with Gasteiger partial charge < -0.3 is 5.43 Å². The Morgan fingerprint density at radius 1 is 1.00 bits per heavy atom. The minimum atomic E-state index is -0.969. The standard InChI is InChI=1S/C11H7F4N3S/c12-5-1-2-9(6(13)3-5)19-11-8(15)4-7(14)10(17-11)18-16/h1-4H,16H2,(H,17,18). The lowest BCUT2D eigenvalue weighted by atomic mass is 10.3. The van der Waals surface area contributed by atoms with Crippen LogP contribution in [0.2, 0.25) is 0 Å². The van der Waals surface area contributed by atoms with E-state index in [1.54, 1.807) is 0 Å². The van der Waals surface area contributed by atoms with E-state index in [1.165, 1.54) is 0 Å². The SMILES string of the molecule is NNc1nc(Sc2ccc(F)cc2F)c(F)cc1F. The maximum absolute atomic E-state index is 13.5. The van der Waals surface area contributed by atoms with Crippen molar-refractivity contribution in [1.82, 2.24) is 4.98 Å². The first-order valence-electron chi connectivity index (χ1n) is 4.97. The number of nitrogens with one attached hydrogen (secondary N) is 1. The smallest absolute Gasteiger partial charge is 0.177 e. The maximum Gasteiger partial charge on any atom is 0.177 e. The molecule has 0 spiro atoms. The largest absolute Gasteiger partial charge is 0.306 e. The zero-order valence-electron chi connectivity index (χ0n) is 9.25. The highest BCUT2D eigenvalue weighted by Crippen LogP contribution is 2.32. The number of hydrazine groups is 1. The molecule has 3 N–H and O–H groups in total. The topological polar surface area (TPSA) is 50.9 Å². The number of hydrogen-bond acceptors (Lipinski definition) is 4. The van der Waals surface area contributed by atoms with Gasteiger partial charge in [-0.15, -0.1) is 0 Å². The lowest BCUT2D eigenvalue weighted by Gasteiger charge is -2.07. The van der Waals surface area contributed by atoms with Crippen LogP contribution in [0.3, 0.4) is 0 Å². The molecule has 3 nitrogen and oxygen atoms in total. The van der Waals surface area contributed by atoms with Crippen LogP contribution in [0, 0.1) is 23.3 Å².